The number of nitrogens with zero attached hydrogens (tertiary/aromatic N) is 1. The second kappa shape index (κ2) is 10.7. The number of anilines is 1. The van der Waals surface area contributed by atoms with Gasteiger partial charge in [-0.05, 0) is 53.8 Å². The first kappa shape index (κ1) is 23.9. The van der Waals surface area contributed by atoms with Crippen molar-refractivity contribution < 1.29 is 27.2 Å². The van der Waals surface area contributed by atoms with Crippen molar-refractivity contribution in [3.63, 3.8) is 0 Å². The molecule has 0 radical (unpaired) electrons. The summed E-state index contributed by atoms with van der Waals surface area (Å²) in [6, 6.07) is 22.1. The number of benzene rings is 3. The van der Waals surface area contributed by atoms with E-state index in [0.717, 1.165) is 11.6 Å². The van der Waals surface area contributed by atoms with Gasteiger partial charge >= 0.3 is 6.29 Å². The fraction of sp³-hybridized carbons (Fsp3) is 0.154. The molecule has 0 saturated carbocycles. The highest BCUT2D eigenvalue weighted by Crippen LogP contribution is 2.39. The summed E-state index contributed by atoms with van der Waals surface area (Å²) in [4.78, 5) is 23.0. The molecule has 3 aromatic rings. The molecule has 0 N–H and O–H groups in total. The Morgan fingerprint density at radius 1 is 0.909 bits per heavy atom. The predicted octanol–water partition coefficient (Wildman–Crippen LogP) is 7.22. The average Bonchev–Trinajstić information content (AvgIpc) is 3.10. The minimum absolute atomic E-state index is 0.131. The van der Waals surface area contributed by atoms with Crippen LogP contribution in [0.3, 0.4) is 0 Å². The van der Waals surface area contributed by atoms with E-state index in [1.165, 1.54) is 12.1 Å². The molecule has 1 aliphatic heterocycles. The highest BCUT2D eigenvalue weighted by molar-refractivity contribution is 6.09. The maximum Gasteiger partial charge on any atom is 0.483 e. The van der Waals surface area contributed by atoms with Gasteiger partial charge in [0.2, 0.25) is 0 Å². The predicted molar refractivity (Wildman–Crippen MR) is 118 cm³/mol. The number of amides is 1. The van der Waals surface area contributed by atoms with Gasteiger partial charge in [-0.2, -0.15) is 0 Å². The molecule has 0 unspecified atom stereocenters. The number of halogens is 4. The van der Waals surface area contributed by atoms with Crippen LogP contribution < -0.4 is 4.90 Å². The largest absolute Gasteiger partial charge is 0.483 e. The van der Waals surface area contributed by atoms with Crippen LogP contribution in [-0.4, -0.2) is 12.2 Å². The van der Waals surface area contributed by atoms with Crippen molar-refractivity contribution in [2.45, 2.75) is 25.3 Å². The summed E-state index contributed by atoms with van der Waals surface area (Å²) in [6.07, 6.45) is -0.441. The lowest BCUT2D eigenvalue weighted by molar-refractivity contribution is -0.115. The monoisotopic (exact) mass is 455 g/mol. The first-order valence-electron chi connectivity index (χ1n) is 10.2. The minimum atomic E-state index is -2.83. The van der Waals surface area contributed by atoms with E-state index in [1.807, 2.05) is 66.7 Å². The van der Waals surface area contributed by atoms with Crippen molar-refractivity contribution in [1.82, 2.24) is 0 Å². The molecule has 0 fully saturated rings. The van der Waals surface area contributed by atoms with Crippen LogP contribution >= 0.6 is 0 Å². The van der Waals surface area contributed by atoms with Gasteiger partial charge in [0.1, 0.15) is 11.6 Å². The molecule has 0 spiro atoms. The lowest BCUT2D eigenvalue weighted by Crippen LogP contribution is -2.29. The summed E-state index contributed by atoms with van der Waals surface area (Å²) >= 11 is 0. The fourth-order valence-electron chi connectivity index (χ4n) is 3.86. The number of carbonyl (C=O) groups is 2. The molecule has 0 aromatic heterocycles. The molecule has 33 heavy (non-hydrogen) atoms. The van der Waals surface area contributed by atoms with E-state index in [0.29, 0.717) is 23.2 Å². The van der Waals surface area contributed by atoms with Crippen molar-refractivity contribution in [2.75, 3.05) is 4.90 Å². The molecule has 1 heterocycles. The van der Waals surface area contributed by atoms with Crippen LogP contribution in [0, 0.1) is 11.6 Å². The zero-order chi connectivity index (χ0) is 24.0. The summed E-state index contributed by atoms with van der Waals surface area (Å²) in [5.41, 5.74) is 2.92. The molecule has 1 amide bonds. The molecule has 0 saturated heterocycles. The van der Waals surface area contributed by atoms with Gasteiger partial charge in [-0.15, -0.1) is 8.78 Å². The number of hydrogen-bond donors (Lipinski definition) is 0. The van der Waals surface area contributed by atoms with Crippen molar-refractivity contribution in [1.29, 1.82) is 0 Å². The maximum absolute atomic E-state index is 13.9. The first-order chi connectivity index (χ1) is 15.8. The van der Waals surface area contributed by atoms with Crippen LogP contribution in [0.4, 0.5) is 28.0 Å². The molecule has 3 aromatic carbocycles. The Bertz CT molecular complexity index is 1130. The van der Waals surface area contributed by atoms with Gasteiger partial charge in [0, 0.05) is 17.3 Å². The lowest BCUT2D eigenvalue weighted by atomic mass is 9.93. The molecule has 3 nitrogen and oxygen atoms in total. The molecule has 170 valence electrons. The zero-order valence-corrected chi connectivity index (χ0v) is 17.7. The zero-order valence-electron chi connectivity index (χ0n) is 17.7. The highest BCUT2D eigenvalue weighted by Gasteiger charge is 2.35. The Morgan fingerprint density at radius 2 is 1.42 bits per heavy atom. The van der Waals surface area contributed by atoms with Crippen LogP contribution in [0.15, 0.2) is 90.5 Å². The van der Waals surface area contributed by atoms with Crippen LogP contribution in [0.5, 0.6) is 0 Å². The molecular weight excluding hydrogens is 434 g/mol. The van der Waals surface area contributed by atoms with Gasteiger partial charge in [-0.1, -0.05) is 55.5 Å². The summed E-state index contributed by atoms with van der Waals surface area (Å²) in [5, 5.41) is 0. The van der Waals surface area contributed by atoms with Gasteiger partial charge in [0.05, 0.1) is 6.04 Å². The number of rotatable bonds is 5. The topological polar surface area (TPSA) is 37.4 Å². The van der Waals surface area contributed by atoms with E-state index in [2.05, 4.69) is 6.92 Å². The fourth-order valence-corrected chi connectivity index (χ4v) is 3.86. The number of hydrogen-bond acceptors (Lipinski definition) is 2. The standard InChI is InChI=1S/C25H21F2NO.CF2O/c1-17(18-8-4-2-5-9-18)12-20-15-24(19-13-21(26)16-22(27)14-19)28(25(20)29)23-10-6-3-7-11-23;2-1(3)4/h2-11,13-17,24H,12H2,1H3;/t17-,24+;/m0./s1. The molecule has 1 aliphatic rings. The Morgan fingerprint density at radius 3 is 1.97 bits per heavy atom. The minimum Gasteiger partial charge on any atom is -0.298 e. The summed E-state index contributed by atoms with van der Waals surface area (Å²) in [7, 11) is 0. The molecular formula is C26H21F4NO2. The normalized spacial score (nSPS) is 16.0. The van der Waals surface area contributed by atoms with Gasteiger partial charge < -0.3 is 0 Å². The Hall–Kier alpha value is -3.74. The smallest absolute Gasteiger partial charge is 0.298 e. The number of carbonyl (C=O) groups excluding carboxylic acids is 2. The molecule has 0 aliphatic carbocycles. The molecule has 7 heteroatoms. The second-order valence-corrected chi connectivity index (χ2v) is 7.59. The summed E-state index contributed by atoms with van der Waals surface area (Å²) in [5.74, 6) is -1.29. The van der Waals surface area contributed by atoms with E-state index in [-0.39, 0.29) is 11.8 Å². The number of para-hydroxylation sites is 1. The van der Waals surface area contributed by atoms with Crippen LogP contribution in [0.25, 0.3) is 0 Å². The summed E-state index contributed by atoms with van der Waals surface area (Å²) < 4.78 is 47.1. The highest BCUT2D eigenvalue weighted by atomic mass is 19.3. The maximum atomic E-state index is 13.9. The molecule has 0 bridgehead atoms. The van der Waals surface area contributed by atoms with Gasteiger partial charge in [0.15, 0.2) is 0 Å². The van der Waals surface area contributed by atoms with Crippen LogP contribution in [0.2, 0.25) is 0 Å². The Balaban J connectivity index is 0.000000709. The van der Waals surface area contributed by atoms with Crippen LogP contribution in [0.1, 0.15) is 36.4 Å². The third-order valence-electron chi connectivity index (χ3n) is 5.29. The summed E-state index contributed by atoms with van der Waals surface area (Å²) in [6.45, 7) is 2.07. The van der Waals surface area contributed by atoms with Crippen molar-refractivity contribution >= 4 is 17.9 Å². The van der Waals surface area contributed by atoms with Crippen molar-refractivity contribution in [2.24, 2.45) is 0 Å². The lowest BCUT2D eigenvalue weighted by Gasteiger charge is -2.25. The van der Waals surface area contributed by atoms with E-state index in [4.69, 9.17) is 4.79 Å². The Labute approximate surface area is 189 Å². The van der Waals surface area contributed by atoms with Gasteiger partial charge in [-0.3, -0.25) is 9.69 Å². The van der Waals surface area contributed by atoms with E-state index >= 15 is 0 Å². The third-order valence-corrected chi connectivity index (χ3v) is 5.29. The van der Waals surface area contributed by atoms with Crippen LogP contribution in [-0.2, 0) is 4.79 Å². The second-order valence-electron chi connectivity index (χ2n) is 7.59. The SMILES string of the molecule is C[C@@H](CC1=C[C@H](c2cc(F)cc(F)c2)N(c2ccccc2)C1=O)c1ccccc1.O=C(F)F. The third kappa shape index (κ3) is 6.16. The average molecular weight is 455 g/mol. The molecule has 2 atom stereocenters. The van der Waals surface area contributed by atoms with Crippen molar-refractivity contribution in [3.8, 4) is 0 Å². The van der Waals surface area contributed by atoms with E-state index in [1.54, 1.807) is 4.90 Å². The van der Waals surface area contributed by atoms with Crippen molar-refractivity contribution in [3.05, 3.63) is 113 Å². The molecule has 4 rings (SSSR count). The quantitative estimate of drug-likeness (QED) is 0.301. The first-order valence-corrected chi connectivity index (χ1v) is 10.2. The van der Waals surface area contributed by atoms with Gasteiger partial charge in [-0.25, -0.2) is 13.6 Å². The van der Waals surface area contributed by atoms with E-state index < -0.39 is 24.0 Å². The van der Waals surface area contributed by atoms with E-state index in [9.17, 15) is 22.4 Å². The Kier molecular flexibility index (Phi) is 7.77. The van der Waals surface area contributed by atoms with Gasteiger partial charge in [0.25, 0.3) is 5.91 Å².